The number of aromatic nitrogens is 2. The summed E-state index contributed by atoms with van der Waals surface area (Å²) < 4.78 is 23.2. The highest BCUT2D eigenvalue weighted by Gasteiger charge is 2.45. The van der Waals surface area contributed by atoms with Crippen LogP contribution in [0, 0.1) is 5.82 Å². The van der Waals surface area contributed by atoms with Crippen molar-refractivity contribution in [2.45, 2.75) is 56.1 Å². The van der Waals surface area contributed by atoms with Crippen LogP contribution in [0.5, 0.6) is 6.01 Å². The zero-order valence-corrected chi connectivity index (χ0v) is 23.4. The van der Waals surface area contributed by atoms with Gasteiger partial charge >= 0.3 is 6.01 Å². The summed E-state index contributed by atoms with van der Waals surface area (Å²) in [6, 6.07) is 17.2. The molecule has 0 spiro atoms. The molecular weight excluding hydrogens is 513 g/mol. The monoisotopic (exact) mass is 549 g/mol. The number of benzene rings is 3. The van der Waals surface area contributed by atoms with E-state index in [1.807, 2.05) is 42.5 Å². The van der Waals surface area contributed by atoms with Crippen LogP contribution in [-0.4, -0.2) is 65.3 Å². The van der Waals surface area contributed by atoms with Crippen LogP contribution >= 0.6 is 0 Å². The number of nitrogens with one attached hydrogen (secondary N) is 1. The Bertz CT molecular complexity index is 1640. The quantitative estimate of drug-likeness (QED) is 0.310. The van der Waals surface area contributed by atoms with Crippen LogP contribution in [0.1, 0.15) is 44.1 Å². The molecule has 4 fully saturated rings. The number of fused-ring (bicyclic) bond motifs is 5. The van der Waals surface area contributed by atoms with Crippen LogP contribution in [0.4, 0.5) is 10.2 Å². The zero-order chi connectivity index (χ0) is 27.6. The van der Waals surface area contributed by atoms with Crippen molar-refractivity contribution < 1.29 is 9.13 Å². The maximum Gasteiger partial charge on any atom is 0.319 e. The van der Waals surface area contributed by atoms with E-state index >= 15 is 4.39 Å². The van der Waals surface area contributed by atoms with Gasteiger partial charge < -0.3 is 15.0 Å². The molecule has 1 N–H and O–H groups in total. The minimum absolute atomic E-state index is 0.0665. The van der Waals surface area contributed by atoms with Crippen molar-refractivity contribution in [2.24, 2.45) is 0 Å². The molecule has 0 radical (unpaired) electrons. The first kappa shape index (κ1) is 25.2. The van der Waals surface area contributed by atoms with Gasteiger partial charge in [-0.3, -0.25) is 4.90 Å². The number of nitrogens with zero attached hydrogens (tertiary/aromatic N) is 4. The molecule has 4 aromatic rings. The van der Waals surface area contributed by atoms with Crippen molar-refractivity contribution in [3.05, 3.63) is 66.5 Å². The van der Waals surface area contributed by atoms with E-state index in [2.05, 4.69) is 33.8 Å². The Morgan fingerprint density at radius 1 is 0.976 bits per heavy atom. The molecule has 4 saturated heterocycles. The predicted octanol–water partition coefficient (Wildman–Crippen LogP) is 6.18. The molecule has 5 heterocycles. The molecule has 0 amide bonds. The third-order valence-corrected chi connectivity index (χ3v) is 10.0. The van der Waals surface area contributed by atoms with E-state index in [-0.39, 0.29) is 17.4 Å². The highest BCUT2D eigenvalue weighted by molar-refractivity contribution is 6.04. The number of ether oxygens (including phenoxy) is 1. The van der Waals surface area contributed by atoms with Crippen LogP contribution in [0.3, 0.4) is 0 Å². The van der Waals surface area contributed by atoms with E-state index < -0.39 is 0 Å². The Morgan fingerprint density at radius 2 is 1.73 bits per heavy atom. The fourth-order valence-electron chi connectivity index (χ4n) is 8.03. The maximum atomic E-state index is 16.8. The topological polar surface area (TPSA) is 53.5 Å². The number of piperazine rings is 1. The highest BCUT2D eigenvalue weighted by Crippen LogP contribution is 2.41. The van der Waals surface area contributed by atoms with Crippen molar-refractivity contribution in [1.82, 2.24) is 20.2 Å². The summed E-state index contributed by atoms with van der Waals surface area (Å²) >= 11 is 0. The Hall–Kier alpha value is -3.55. The molecule has 4 aliphatic heterocycles. The molecule has 0 unspecified atom stereocenters. The minimum atomic E-state index is -0.331. The molecule has 0 aliphatic carbocycles. The largest absolute Gasteiger partial charge is 0.461 e. The van der Waals surface area contributed by atoms with Gasteiger partial charge in [-0.15, -0.1) is 0 Å². The Kier molecular flexibility index (Phi) is 6.00. The second-order valence-electron chi connectivity index (χ2n) is 12.4. The number of rotatable bonds is 6. The first-order valence-electron chi connectivity index (χ1n) is 15.2. The van der Waals surface area contributed by atoms with Gasteiger partial charge in [0, 0.05) is 36.1 Å². The molecular formula is C34H36FN5O. The van der Waals surface area contributed by atoms with Crippen molar-refractivity contribution in [3.8, 4) is 17.1 Å². The van der Waals surface area contributed by atoms with Gasteiger partial charge in [-0.2, -0.15) is 9.97 Å². The van der Waals surface area contributed by atoms with Gasteiger partial charge in [0.15, 0.2) is 5.82 Å². The lowest BCUT2D eigenvalue weighted by atomic mass is 9.93. The first-order chi connectivity index (χ1) is 20.1. The second-order valence-corrected chi connectivity index (χ2v) is 12.4. The van der Waals surface area contributed by atoms with Crippen LogP contribution in [-0.2, 0) is 0 Å². The summed E-state index contributed by atoms with van der Waals surface area (Å²) in [7, 11) is 0. The summed E-state index contributed by atoms with van der Waals surface area (Å²) in [5.41, 5.74) is 2.75. The van der Waals surface area contributed by atoms with Gasteiger partial charge in [0.05, 0.1) is 5.54 Å². The van der Waals surface area contributed by atoms with E-state index in [4.69, 9.17) is 14.7 Å². The number of hydrogen-bond acceptors (Lipinski definition) is 6. The average molecular weight is 550 g/mol. The van der Waals surface area contributed by atoms with E-state index in [0.29, 0.717) is 29.8 Å². The summed E-state index contributed by atoms with van der Waals surface area (Å²) in [6.07, 6.45) is 8.84. The third-order valence-electron chi connectivity index (χ3n) is 10.0. The van der Waals surface area contributed by atoms with Crippen LogP contribution in [0.15, 0.2) is 55.1 Å². The molecule has 210 valence electrons. The molecule has 6 nitrogen and oxygen atoms in total. The fraction of sp³-hybridized carbons (Fsp3) is 0.412. The van der Waals surface area contributed by atoms with Gasteiger partial charge in [-0.1, -0.05) is 55.1 Å². The maximum absolute atomic E-state index is 16.8. The van der Waals surface area contributed by atoms with Crippen LogP contribution < -0.4 is 15.0 Å². The summed E-state index contributed by atoms with van der Waals surface area (Å²) in [6.45, 7) is 8.54. The molecule has 3 aromatic carbocycles. The van der Waals surface area contributed by atoms with Crippen molar-refractivity contribution >= 4 is 33.6 Å². The van der Waals surface area contributed by atoms with E-state index in [9.17, 15) is 0 Å². The second kappa shape index (κ2) is 9.78. The molecule has 4 aliphatic rings. The summed E-state index contributed by atoms with van der Waals surface area (Å²) in [5.74, 6) is 0.452. The fourth-order valence-corrected chi connectivity index (χ4v) is 8.03. The van der Waals surface area contributed by atoms with Gasteiger partial charge in [-0.25, -0.2) is 4.39 Å². The lowest BCUT2D eigenvalue weighted by Gasteiger charge is -2.34. The summed E-state index contributed by atoms with van der Waals surface area (Å²) in [4.78, 5) is 14.6. The van der Waals surface area contributed by atoms with Gasteiger partial charge in [0.2, 0.25) is 0 Å². The van der Waals surface area contributed by atoms with Gasteiger partial charge in [-0.05, 0) is 79.6 Å². The van der Waals surface area contributed by atoms with Gasteiger partial charge in [0.25, 0.3) is 0 Å². The Morgan fingerprint density at radius 3 is 2.49 bits per heavy atom. The lowest BCUT2D eigenvalue weighted by Crippen LogP contribution is -2.51. The lowest BCUT2D eigenvalue weighted by molar-refractivity contribution is 0.108. The first-order valence-corrected chi connectivity index (χ1v) is 15.2. The van der Waals surface area contributed by atoms with E-state index in [1.54, 1.807) is 0 Å². The Balaban J connectivity index is 1.26. The zero-order valence-electron chi connectivity index (χ0n) is 23.4. The van der Waals surface area contributed by atoms with Crippen LogP contribution in [0.2, 0.25) is 0 Å². The summed E-state index contributed by atoms with van der Waals surface area (Å²) in [5, 5.41) is 6.50. The molecule has 7 heteroatoms. The third kappa shape index (κ3) is 4.12. The smallest absolute Gasteiger partial charge is 0.319 e. The van der Waals surface area contributed by atoms with Crippen molar-refractivity contribution in [2.75, 3.05) is 37.7 Å². The average Bonchev–Trinajstić information content (AvgIpc) is 3.69. The minimum Gasteiger partial charge on any atom is -0.461 e. The Labute approximate surface area is 240 Å². The predicted molar refractivity (Wildman–Crippen MR) is 163 cm³/mol. The number of anilines is 1. The molecule has 1 aromatic heterocycles. The SMILES string of the molecule is C=Cc1cccc2cccc(-c3ccc4c(N5C[C@H]6CC[C@@H](C5)N6)nc(OCC56CCCN5CCC6)nc4c3F)c12. The van der Waals surface area contributed by atoms with Crippen LogP contribution in [0.25, 0.3) is 38.9 Å². The van der Waals surface area contributed by atoms with Crippen molar-refractivity contribution in [1.29, 1.82) is 0 Å². The molecule has 2 bridgehead atoms. The number of halogens is 1. The number of hydrogen-bond donors (Lipinski definition) is 1. The molecule has 0 saturated carbocycles. The molecule has 8 rings (SSSR count). The van der Waals surface area contributed by atoms with E-state index in [1.165, 1.54) is 12.8 Å². The van der Waals surface area contributed by atoms with E-state index in [0.717, 1.165) is 85.0 Å². The standard InChI is InChI=1S/C34H36FN5O/c1-2-22-7-3-8-23-9-4-10-26(29(22)23)27-13-14-28-31(30(27)35)37-33(41-21-34-15-5-17-40(34)18-6-16-34)38-32(28)39-19-24-11-12-25(20-39)36-24/h2-4,7-10,13-14,24-25,36H,1,5-6,11-12,15-21H2/t24-,25+. The van der Waals surface area contributed by atoms with Crippen molar-refractivity contribution in [3.63, 3.8) is 0 Å². The molecule has 2 atom stereocenters. The molecule has 41 heavy (non-hydrogen) atoms. The highest BCUT2D eigenvalue weighted by atomic mass is 19.1. The van der Waals surface area contributed by atoms with Gasteiger partial charge in [0.1, 0.15) is 17.9 Å². The normalized spacial score (nSPS) is 23.4.